The summed E-state index contributed by atoms with van der Waals surface area (Å²) in [5.41, 5.74) is 1.38. The first kappa shape index (κ1) is 18.0. The van der Waals surface area contributed by atoms with Gasteiger partial charge in [-0.3, -0.25) is 0 Å². The Morgan fingerprint density at radius 2 is 2.00 bits per heavy atom. The standard InChI is InChI=1S/C19H28FN3O2/c1-4-23(16-6-7-16)19(24)21-10-15-5-8-18(17(20)9-15)22-11-13(2)25-14(3)12-22/h5,8-9,13-14,16H,4,6-7,10-12H2,1-3H3,(H,21,24)/t13-,14-/m0/s1. The molecular weight excluding hydrogens is 321 g/mol. The Morgan fingerprint density at radius 3 is 2.56 bits per heavy atom. The summed E-state index contributed by atoms with van der Waals surface area (Å²) in [5, 5.41) is 2.90. The zero-order valence-electron chi connectivity index (χ0n) is 15.3. The van der Waals surface area contributed by atoms with Crippen LogP contribution in [0.4, 0.5) is 14.9 Å². The van der Waals surface area contributed by atoms with Crippen molar-refractivity contribution in [3.63, 3.8) is 0 Å². The third kappa shape index (κ3) is 4.42. The quantitative estimate of drug-likeness (QED) is 0.888. The van der Waals surface area contributed by atoms with Crippen LogP contribution in [0, 0.1) is 5.82 Å². The van der Waals surface area contributed by atoms with E-state index in [1.54, 1.807) is 6.07 Å². The third-order valence-corrected chi connectivity index (χ3v) is 4.81. The molecule has 2 amide bonds. The highest BCUT2D eigenvalue weighted by molar-refractivity contribution is 5.74. The van der Waals surface area contributed by atoms with E-state index >= 15 is 0 Å². The van der Waals surface area contributed by atoms with Gasteiger partial charge < -0.3 is 19.9 Å². The van der Waals surface area contributed by atoms with Gasteiger partial charge in [0.25, 0.3) is 0 Å². The molecule has 0 unspecified atom stereocenters. The summed E-state index contributed by atoms with van der Waals surface area (Å²) in [6.07, 6.45) is 2.34. The average Bonchev–Trinajstić information content (AvgIpc) is 3.37. The predicted molar refractivity (Wildman–Crippen MR) is 96.3 cm³/mol. The van der Waals surface area contributed by atoms with Crippen LogP contribution in [0.25, 0.3) is 0 Å². The molecule has 1 aromatic rings. The normalized spacial score (nSPS) is 23.4. The molecule has 138 valence electrons. The highest BCUT2D eigenvalue weighted by Gasteiger charge is 2.31. The fourth-order valence-electron chi connectivity index (χ4n) is 3.52. The lowest BCUT2D eigenvalue weighted by Crippen LogP contribution is -2.45. The van der Waals surface area contributed by atoms with Gasteiger partial charge in [0.05, 0.1) is 17.9 Å². The lowest BCUT2D eigenvalue weighted by atomic mass is 10.1. The Morgan fingerprint density at radius 1 is 1.32 bits per heavy atom. The van der Waals surface area contributed by atoms with Crippen molar-refractivity contribution >= 4 is 11.7 Å². The molecule has 2 aliphatic rings. The number of urea groups is 1. The molecule has 1 saturated heterocycles. The number of benzene rings is 1. The first-order valence-corrected chi connectivity index (χ1v) is 9.21. The molecule has 1 aliphatic carbocycles. The second-order valence-corrected chi connectivity index (χ2v) is 7.12. The lowest BCUT2D eigenvalue weighted by molar-refractivity contribution is -0.00539. The third-order valence-electron chi connectivity index (χ3n) is 4.81. The number of anilines is 1. The SMILES string of the molecule is CCN(C(=O)NCc1ccc(N2C[C@H](C)O[C@@H](C)C2)c(F)c1)C1CC1. The van der Waals surface area contributed by atoms with Gasteiger partial charge in [-0.1, -0.05) is 6.07 Å². The maximum absolute atomic E-state index is 14.6. The second-order valence-electron chi connectivity index (χ2n) is 7.12. The van der Waals surface area contributed by atoms with Crippen LogP contribution in [0.5, 0.6) is 0 Å². The Kier molecular flexibility index (Phi) is 5.47. The number of hydrogen-bond acceptors (Lipinski definition) is 3. The highest BCUT2D eigenvalue weighted by atomic mass is 19.1. The number of morpholine rings is 1. The van der Waals surface area contributed by atoms with E-state index in [2.05, 4.69) is 5.32 Å². The highest BCUT2D eigenvalue weighted by Crippen LogP contribution is 2.27. The van der Waals surface area contributed by atoms with Crippen molar-refractivity contribution in [2.75, 3.05) is 24.5 Å². The molecule has 1 saturated carbocycles. The Hall–Kier alpha value is -1.82. The molecular formula is C19H28FN3O2. The maximum atomic E-state index is 14.6. The van der Waals surface area contributed by atoms with Crippen LogP contribution in [-0.4, -0.2) is 48.8 Å². The molecule has 6 heteroatoms. The average molecular weight is 349 g/mol. The number of nitrogens with one attached hydrogen (secondary N) is 1. The van der Waals surface area contributed by atoms with Crippen molar-refractivity contribution in [3.05, 3.63) is 29.6 Å². The number of rotatable bonds is 5. The van der Waals surface area contributed by atoms with Gasteiger partial charge in [-0.25, -0.2) is 9.18 Å². The van der Waals surface area contributed by atoms with Crippen LogP contribution in [-0.2, 0) is 11.3 Å². The molecule has 0 radical (unpaired) electrons. The predicted octanol–water partition coefficient (Wildman–Crippen LogP) is 3.13. The summed E-state index contributed by atoms with van der Waals surface area (Å²) in [5.74, 6) is -0.248. The van der Waals surface area contributed by atoms with Gasteiger partial charge >= 0.3 is 6.03 Å². The van der Waals surface area contributed by atoms with E-state index < -0.39 is 0 Å². The minimum atomic E-state index is -0.248. The Labute approximate surface area is 149 Å². The summed E-state index contributed by atoms with van der Waals surface area (Å²) < 4.78 is 20.3. The molecule has 0 bridgehead atoms. The molecule has 2 atom stereocenters. The van der Waals surface area contributed by atoms with Crippen molar-refractivity contribution in [3.8, 4) is 0 Å². The summed E-state index contributed by atoms with van der Waals surface area (Å²) in [6.45, 7) is 8.41. The number of hydrogen-bond donors (Lipinski definition) is 1. The van der Waals surface area contributed by atoms with Crippen LogP contribution in [0.2, 0.25) is 0 Å². The molecule has 2 fully saturated rings. The minimum Gasteiger partial charge on any atom is -0.372 e. The van der Waals surface area contributed by atoms with Gasteiger partial charge in [-0.05, 0) is 51.3 Å². The molecule has 0 spiro atoms. The van der Waals surface area contributed by atoms with Gasteiger partial charge in [-0.15, -0.1) is 0 Å². The van der Waals surface area contributed by atoms with Crippen molar-refractivity contribution in [1.82, 2.24) is 10.2 Å². The van der Waals surface area contributed by atoms with Crippen LogP contribution in [0.15, 0.2) is 18.2 Å². The maximum Gasteiger partial charge on any atom is 0.317 e. The number of nitrogens with zero attached hydrogens (tertiary/aromatic N) is 2. The van der Waals surface area contributed by atoms with E-state index in [1.807, 2.05) is 36.6 Å². The van der Waals surface area contributed by atoms with Gasteiger partial charge in [0.15, 0.2) is 0 Å². The van der Waals surface area contributed by atoms with E-state index in [4.69, 9.17) is 4.74 Å². The van der Waals surface area contributed by atoms with Crippen molar-refractivity contribution < 1.29 is 13.9 Å². The summed E-state index contributed by atoms with van der Waals surface area (Å²) in [4.78, 5) is 16.1. The van der Waals surface area contributed by atoms with Crippen LogP contribution >= 0.6 is 0 Å². The topological polar surface area (TPSA) is 44.8 Å². The van der Waals surface area contributed by atoms with Crippen LogP contribution in [0.1, 0.15) is 39.2 Å². The van der Waals surface area contributed by atoms with E-state index in [0.29, 0.717) is 37.9 Å². The number of halogens is 1. The molecule has 25 heavy (non-hydrogen) atoms. The van der Waals surface area contributed by atoms with Crippen LogP contribution < -0.4 is 10.2 Å². The second kappa shape index (κ2) is 7.60. The monoisotopic (exact) mass is 349 g/mol. The van der Waals surface area contributed by atoms with Gasteiger partial charge in [0.2, 0.25) is 0 Å². The largest absolute Gasteiger partial charge is 0.372 e. The number of carbonyl (C=O) groups is 1. The lowest BCUT2D eigenvalue weighted by Gasteiger charge is -2.37. The first-order valence-electron chi connectivity index (χ1n) is 9.21. The van der Waals surface area contributed by atoms with Gasteiger partial charge in [0, 0.05) is 32.2 Å². The molecule has 1 N–H and O–H groups in total. The zero-order chi connectivity index (χ0) is 18.0. The summed E-state index contributed by atoms with van der Waals surface area (Å²) in [7, 11) is 0. The fourth-order valence-corrected chi connectivity index (χ4v) is 3.52. The van der Waals surface area contributed by atoms with Gasteiger partial charge in [-0.2, -0.15) is 0 Å². The summed E-state index contributed by atoms with van der Waals surface area (Å²) >= 11 is 0. The Balaban J connectivity index is 1.60. The van der Waals surface area contributed by atoms with E-state index in [1.165, 1.54) is 6.07 Å². The smallest absolute Gasteiger partial charge is 0.317 e. The van der Waals surface area contributed by atoms with E-state index in [9.17, 15) is 9.18 Å². The minimum absolute atomic E-state index is 0.0645. The molecule has 0 aromatic heterocycles. The molecule has 1 aromatic carbocycles. The number of ether oxygens (including phenoxy) is 1. The molecule has 3 rings (SSSR count). The van der Waals surface area contributed by atoms with Gasteiger partial charge in [0.1, 0.15) is 5.82 Å². The zero-order valence-corrected chi connectivity index (χ0v) is 15.3. The summed E-state index contributed by atoms with van der Waals surface area (Å²) in [6, 6.07) is 5.53. The van der Waals surface area contributed by atoms with E-state index in [0.717, 1.165) is 18.4 Å². The van der Waals surface area contributed by atoms with Crippen molar-refractivity contribution in [1.29, 1.82) is 0 Å². The Bertz CT molecular complexity index is 611. The number of carbonyl (C=O) groups excluding carboxylic acids is 1. The van der Waals surface area contributed by atoms with E-state index in [-0.39, 0.29) is 24.1 Å². The molecule has 1 aliphatic heterocycles. The first-order chi connectivity index (χ1) is 12.0. The van der Waals surface area contributed by atoms with Crippen molar-refractivity contribution in [2.24, 2.45) is 0 Å². The molecule has 1 heterocycles. The van der Waals surface area contributed by atoms with Crippen molar-refractivity contribution in [2.45, 2.75) is 58.4 Å². The van der Waals surface area contributed by atoms with Crippen LogP contribution in [0.3, 0.4) is 0 Å². The number of amides is 2. The molecule has 5 nitrogen and oxygen atoms in total. The fraction of sp³-hybridized carbons (Fsp3) is 0.632.